The normalized spacial score (nSPS) is 10.5. The van der Waals surface area contributed by atoms with Crippen molar-refractivity contribution in [3.63, 3.8) is 0 Å². The molecule has 0 aliphatic rings. The second-order valence-electron chi connectivity index (χ2n) is 3.17. The Hall–Kier alpha value is -2.04. The number of aliphatic carboxylic acids is 1. The molecule has 0 aliphatic carbocycles. The molecule has 0 aliphatic heterocycles. The van der Waals surface area contributed by atoms with Crippen LogP contribution >= 0.6 is 0 Å². The SMILES string of the molecule is COc1cc(CC(=O)O)cc2[nH]cnc12. The lowest BCUT2D eigenvalue weighted by Gasteiger charge is -2.03. The van der Waals surface area contributed by atoms with Gasteiger partial charge in [0.15, 0.2) is 0 Å². The molecule has 2 aromatic rings. The van der Waals surface area contributed by atoms with Crippen LogP contribution in [0.2, 0.25) is 0 Å². The number of H-pyrrole nitrogens is 1. The van der Waals surface area contributed by atoms with Crippen LogP contribution in [0.4, 0.5) is 0 Å². The molecule has 1 aromatic carbocycles. The van der Waals surface area contributed by atoms with E-state index in [0.717, 1.165) is 5.52 Å². The lowest BCUT2D eigenvalue weighted by molar-refractivity contribution is -0.136. The van der Waals surface area contributed by atoms with E-state index >= 15 is 0 Å². The molecule has 0 fully saturated rings. The van der Waals surface area contributed by atoms with E-state index in [0.29, 0.717) is 16.8 Å². The highest BCUT2D eigenvalue weighted by Gasteiger charge is 2.08. The fourth-order valence-corrected chi connectivity index (χ4v) is 1.51. The number of aromatic amines is 1. The molecule has 0 amide bonds. The third-order valence-corrected chi connectivity index (χ3v) is 2.12. The van der Waals surface area contributed by atoms with Crippen LogP contribution in [0.5, 0.6) is 5.75 Å². The van der Waals surface area contributed by atoms with Gasteiger partial charge in [0, 0.05) is 0 Å². The van der Waals surface area contributed by atoms with E-state index in [1.165, 1.54) is 7.11 Å². The van der Waals surface area contributed by atoms with Gasteiger partial charge in [0.1, 0.15) is 11.3 Å². The van der Waals surface area contributed by atoms with Crippen molar-refractivity contribution in [3.8, 4) is 5.75 Å². The molecule has 2 N–H and O–H groups in total. The van der Waals surface area contributed by atoms with Crippen molar-refractivity contribution in [2.75, 3.05) is 7.11 Å². The quantitative estimate of drug-likeness (QED) is 0.791. The van der Waals surface area contributed by atoms with E-state index in [1.807, 2.05) is 0 Å². The first-order chi connectivity index (χ1) is 7.20. The maximum Gasteiger partial charge on any atom is 0.307 e. The van der Waals surface area contributed by atoms with Gasteiger partial charge in [0.2, 0.25) is 0 Å². The van der Waals surface area contributed by atoms with E-state index in [9.17, 15) is 4.79 Å². The summed E-state index contributed by atoms with van der Waals surface area (Å²) in [4.78, 5) is 17.6. The minimum absolute atomic E-state index is 0.0225. The number of hydrogen-bond acceptors (Lipinski definition) is 3. The third-order valence-electron chi connectivity index (χ3n) is 2.12. The van der Waals surface area contributed by atoms with E-state index < -0.39 is 5.97 Å². The summed E-state index contributed by atoms with van der Waals surface area (Å²) in [6, 6.07) is 3.45. The zero-order valence-corrected chi connectivity index (χ0v) is 8.15. The van der Waals surface area contributed by atoms with Gasteiger partial charge in [-0.2, -0.15) is 0 Å². The summed E-state index contributed by atoms with van der Waals surface area (Å²) < 4.78 is 5.13. The number of methoxy groups -OCH3 is 1. The summed E-state index contributed by atoms with van der Waals surface area (Å²) in [6.45, 7) is 0. The number of fused-ring (bicyclic) bond motifs is 1. The molecular formula is C10H10N2O3. The molecule has 0 unspecified atom stereocenters. The maximum absolute atomic E-state index is 10.6. The molecule has 0 atom stereocenters. The molecule has 0 saturated heterocycles. The van der Waals surface area contributed by atoms with Gasteiger partial charge in [-0.05, 0) is 17.7 Å². The third kappa shape index (κ3) is 1.76. The zero-order chi connectivity index (χ0) is 10.8. The van der Waals surface area contributed by atoms with Gasteiger partial charge in [-0.3, -0.25) is 4.79 Å². The highest BCUT2D eigenvalue weighted by Crippen LogP contribution is 2.24. The predicted octanol–water partition coefficient (Wildman–Crippen LogP) is 1.20. The highest BCUT2D eigenvalue weighted by atomic mass is 16.5. The lowest BCUT2D eigenvalue weighted by Crippen LogP contribution is -2.00. The number of rotatable bonds is 3. The molecule has 0 spiro atoms. The number of carbonyl (C=O) groups is 1. The van der Waals surface area contributed by atoms with Gasteiger partial charge in [0.25, 0.3) is 0 Å². The predicted molar refractivity (Wildman–Crippen MR) is 54.0 cm³/mol. The summed E-state index contributed by atoms with van der Waals surface area (Å²) in [6.07, 6.45) is 1.53. The van der Waals surface area contributed by atoms with Crippen molar-refractivity contribution >= 4 is 17.0 Å². The average molecular weight is 206 g/mol. The Morgan fingerprint density at radius 3 is 3.07 bits per heavy atom. The number of ether oxygens (including phenoxy) is 1. The summed E-state index contributed by atoms with van der Waals surface area (Å²) in [5.41, 5.74) is 2.19. The van der Waals surface area contributed by atoms with E-state index in [4.69, 9.17) is 9.84 Å². The van der Waals surface area contributed by atoms with Gasteiger partial charge in [0.05, 0.1) is 25.4 Å². The monoisotopic (exact) mass is 206 g/mol. The number of carboxylic acid groups (broad SMARTS) is 1. The van der Waals surface area contributed by atoms with Gasteiger partial charge >= 0.3 is 5.97 Å². The Morgan fingerprint density at radius 2 is 2.40 bits per heavy atom. The lowest BCUT2D eigenvalue weighted by atomic mass is 10.1. The van der Waals surface area contributed by atoms with E-state index in [-0.39, 0.29) is 6.42 Å². The zero-order valence-electron chi connectivity index (χ0n) is 8.15. The summed E-state index contributed by atoms with van der Waals surface area (Å²) in [5, 5.41) is 8.69. The van der Waals surface area contributed by atoms with Crippen molar-refractivity contribution in [2.24, 2.45) is 0 Å². The summed E-state index contributed by atoms with van der Waals surface area (Å²) in [5.74, 6) is -0.277. The number of hydrogen-bond donors (Lipinski definition) is 2. The minimum Gasteiger partial charge on any atom is -0.494 e. The Kier molecular flexibility index (Phi) is 2.29. The second-order valence-corrected chi connectivity index (χ2v) is 3.17. The van der Waals surface area contributed by atoms with Crippen LogP contribution in [0.3, 0.4) is 0 Å². The fraction of sp³-hybridized carbons (Fsp3) is 0.200. The molecular weight excluding hydrogens is 196 g/mol. The van der Waals surface area contributed by atoms with E-state index in [2.05, 4.69) is 9.97 Å². The first-order valence-electron chi connectivity index (χ1n) is 4.42. The second kappa shape index (κ2) is 3.61. The van der Waals surface area contributed by atoms with Crippen molar-refractivity contribution < 1.29 is 14.6 Å². The van der Waals surface area contributed by atoms with Crippen molar-refractivity contribution in [1.29, 1.82) is 0 Å². The number of nitrogens with zero attached hydrogens (tertiary/aromatic N) is 1. The van der Waals surface area contributed by atoms with Crippen molar-refractivity contribution in [3.05, 3.63) is 24.0 Å². The summed E-state index contributed by atoms with van der Waals surface area (Å²) >= 11 is 0. The smallest absolute Gasteiger partial charge is 0.307 e. The number of imidazole rings is 1. The molecule has 1 aromatic heterocycles. The Balaban J connectivity index is 2.53. The standard InChI is InChI=1S/C10H10N2O3/c1-15-8-3-6(4-9(13)14)2-7-10(8)12-5-11-7/h2-3,5H,4H2,1H3,(H,11,12)(H,13,14). The molecule has 1 heterocycles. The van der Waals surface area contributed by atoms with Crippen LogP contribution in [0.25, 0.3) is 11.0 Å². The van der Waals surface area contributed by atoms with Gasteiger partial charge in [-0.25, -0.2) is 4.98 Å². The Morgan fingerprint density at radius 1 is 1.60 bits per heavy atom. The van der Waals surface area contributed by atoms with Crippen molar-refractivity contribution in [1.82, 2.24) is 9.97 Å². The molecule has 0 saturated carbocycles. The Labute approximate surface area is 85.7 Å². The molecule has 15 heavy (non-hydrogen) atoms. The average Bonchev–Trinajstić information content (AvgIpc) is 2.63. The Bertz CT molecular complexity index is 504. The van der Waals surface area contributed by atoms with Crippen LogP contribution in [0, 0.1) is 0 Å². The number of benzene rings is 1. The van der Waals surface area contributed by atoms with Crippen LogP contribution in [-0.4, -0.2) is 28.2 Å². The van der Waals surface area contributed by atoms with Crippen LogP contribution in [0.15, 0.2) is 18.5 Å². The van der Waals surface area contributed by atoms with E-state index in [1.54, 1.807) is 18.5 Å². The number of aromatic nitrogens is 2. The molecule has 0 radical (unpaired) electrons. The molecule has 2 rings (SSSR count). The number of carboxylic acids is 1. The minimum atomic E-state index is -0.865. The van der Waals surface area contributed by atoms with Gasteiger partial charge in [-0.1, -0.05) is 0 Å². The number of nitrogens with one attached hydrogen (secondary N) is 1. The largest absolute Gasteiger partial charge is 0.494 e. The first-order valence-corrected chi connectivity index (χ1v) is 4.42. The van der Waals surface area contributed by atoms with Gasteiger partial charge < -0.3 is 14.8 Å². The van der Waals surface area contributed by atoms with Crippen molar-refractivity contribution in [2.45, 2.75) is 6.42 Å². The van der Waals surface area contributed by atoms with Gasteiger partial charge in [-0.15, -0.1) is 0 Å². The first kappa shape index (κ1) is 9.51. The van der Waals surface area contributed by atoms with Crippen LogP contribution in [-0.2, 0) is 11.2 Å². The molecule has 5 heteroatoms. The van der Waals surface area contributed by atoms with Crippen LogP contribution < -0.4 is 4.74 Å². The van der Waals surface area contributed by atoms with Crippen LogP contribution in [0.1, 0.15) is 5.56 Å². The topological polar surface area (TPSA) is 75.2 Å². The molecule has 5 nitrogen and oxygen atoms in total. The molecule has 0 bridgehead atoms. The molecule has 78 valence electrons. The fourth-order valence-electron chi connectivity index (χ4n) is 1.51. The summed E-state index contributed by atoms with van der Waals surface area (Å²) in [7, 11) is 1.54. The highest BCUT2D eigenvalue weighted by molar-refractivity contribution is 5.83. The maximum atomic E-state index is 10.6.